The summed E-state index contributed by atoms with van der Waals surface area (Å²) in [6.07, 6.45) is 2.55. The normalized spacial score (nSPS) is 16.9. The molecule has 0 radical (unpaired) electrons. The van der Waals surface area contributed by atoms with E-state index in [1.165, 1.54) is 17.7 Å². The molecule has 19 heavy (non-hydrogen) atoms. The first-order chi connectivity index (χ1) is 9.15. The molecule has 2 aromatic heterocycles. The van der Waals surface area contributed by atoms with E-state index in [0.717, 1.165) is 5.13 Å². The van der Waals surface area contributed by atoms with Crippen LogP contribution in [0.5, 0.6) is 0 Å². The zero-order valence-corrected chi connectivity index (χ0v) is 10.8. The van der Waals surface area contributed by atoms with Crippen LogP contribution < -0.4 is 10.5 Å². The molecule has 1 aliphatic rings. The molecule has 8 heteroatoms. The van der Waals surface area contributed by atoms with Gasteiger partial charge < -0.3 is 15.0 Å². The minimum Gasteiger partial charge on any atom is -0.481 e. The van der Waals surface area contributed by atoms with Crippen LogP contribution in [0.2, 0.25) is 0 Å². The van der Waals surface area contributed by atoms with Gasteiger partial charge in [0.25, 0.3) is 5.56 Å². The van der Waals surface area contributed by atoms with Crippen molar-refractivity contribution in [2.24, 2.45) is 5.92 Å². The van der Waals surface area contributed by atoms with Crippen LogP contribution in [-0.4, -0.2) is 39.1 Å². The highest BCUT2D eigenvalue weighted by molar-refractivity contribution is 7.22. The number of aliphatic carboxylic acids is 1. The van der Waals surface area contributed by atoms with Gasteiger partial charge in [-0.2, -0.15) is 4.98 Å². The first-order valence-corrected chi connectivity index (χ1v) is 6.79. The Kier molecular flexibility index (Phi) is 2.94. The third-order valence-electron chi connectivity index (χ3n) is 3.30. The average molecular weight is 280 g/mol. The smallest absolute Gasteiger partial charge is 0.306 e. The largest absolute Gasteiger partial charge is 0.481 e. The van der Waals surface area contributed by atoms with Crippen molar-refractivity contribution in [2.45, 2.75) is 12.8 Å². The molecular formula is C11H12N4O3S. The van der Waals surface area contributed by atoms with Gasteiger partial charge in [-0.1, -0.05) is 11.3 Å². The maximum atomic E-state index is 11.6. The summed E-state index contributed by atoms with van der Waals surface area (Å²) >= 11 is 1.30. The number of carbonyl (C=O) groups is 1. The number of nitrogens with zero attached hydrogens (tertiary/aromatic N) is 3. The molecule has 0 aromatic carbocycles. The van der Waals surface area contributed by atoms with Crippen LogP contribution in [-0.2, 0) is 4.79 Å². The van der Waals surface area contributed by atoms with Crippen molar-refractivity contribution in [3.05, 3.63) is 16.7 Å². The van der Waals surface area contributed by atoms with Gasteiger partial charge in [-0.05, 0) is 12.8 Å². The summed E-state index contributed by atoms with van der Waals surface area (Å²) in [5.74, 6) is -1.01. The Morgan fingerprint density at radius 2 is 2.21 bits per heavy atom. The van der Waals surface area contributed by atoms with E-state index in [0.29, 0.717) is 36.3 Å². The van der Waals surface area contributed by atoms with E-state index in [1.54, 1.807) is 0 Å². The number of hydrogen-bond acceptors (Lipinski definition) is 6. The van der Waals surface area contributed by atoms with E-state index in [2.05, 4.69) is 15.0 Å². The fourth-order valence-electron chi connectivity index (χ4n) is 2.21. The van der Waals surface area contributed by atoms with E-state index in [-0.39, 0.29) is 11.5 Å². The van der Waals surface area contributed by atoms with Crippen molar-refractivity contribution in [1.29, 1.82) is 0 Å². The van der Waals surface area contributed by atoms with Gasteiger partial charge in [-0.15, -0.1) is 0 Å². The Hall–Kier alpha value is -1.96. The first kappa shape index (κ1) is 12.1. The van der Waals surface area contributed by atoms with Crippen LogP contribution in [0.25, 0.3) is 10.3 Å². The van der Waals surface area contributed by atoms with Crippen molar-refractivity contribution in [3.63, 3.8) is 0 Å². The topological polar surface area (TPSA) is 99.2 Å². The van der Waals surface area contributed by atoms with E-state index in [9.17, 15) is 9.59 Å². The van der Waals surface area contributed by atoms with Gasteiger partial charge in [0, 0.05) is 13.1 Å². The van der Waals surface area contributed by atoms with Crippen LogP contribution >= 0.6 is 11.3 Å². The van der Waals surface area contributed by atoms with Crippen molar-refractivity contribution < 1.29 is 9.90 Å². The minimum absolute atomic E-state index is 0.186. The summed E-state index contributed by atoms with van der Waals surface area (Å²) in [4.78, 5) is 35.4. The highest BCUT2D eigenvalue weighted by Crippen LogP contribution is 2.28. The summed E-state index contributed by atoms with van der Waals surface area (Å²) in [7, 11) is 0. The number of piperidine rings is 1. The van der Waals surface area contributed by atoms with E-state index >= 15 is 0 Å². The summed E-state index contributed by atoms with van der Waals surface area (Å²) in [6.45, 7) is 1.30. The summed E-state index contributed by atoms with van der Waals surface area (Å²) in [5.41, 5.74) is 0.262. The van der Waals surface area contributed by atoms with Crippen molar-refractivity contribution in [3.8, 4) is 0 Å². The molecule has 2 aromatic rings. The number of nitrogens with one attached hydrogen (secondary N) is 1. The Bertz CT molecular complexity index is 672. The van der Waals surface area contributed by atoms with Gasteiger partial charge >= 0.3 is 5.97 Å². The molecule has 1 saturated heterocycles. The van der Waals surface area contributed by atoms with Gasteiger partial charge in [0.05, 0.1) is 12.2 Å². The molecule has 0 spiro atoms. The first-order valence-electron chi connectivity index (χ1n) is 5.97. The molecule has 0 atom stereocenters. The number of rotatable bonds is 2. The predicted octanol–water partition coefficient (Wildman–Crippen LogP) is 0.681. The Balaban J connectivity index is 1.84. The van der Waals surface area contributed by atoms with Crippen LogP contribution in [0, 0.1) is 5.92 Å². The predicted molar refractivity (Wildman–Crippen MR) is 70.6 cm³/mol. The Labute approximate surface area is 111 Å². The van der Waals surface area contributed by atoms with Crippen LogP contribution in [0.4, 0.5) is 5.13 Å². The molecular weight excluding hydrogens is 268 g/mol. The minimum atomic E-state index is -0.734. The standard InChI is InChI=1S/C11H12N4O3S/c16-9-7-8(12-5-13-9)14-11(19-7)15-3-1-6(2-4-15)10(17)18/h5-6H,1-4H2,(H,17,18)(H,12,13,16). The second-order valence-corrected chi connectivity index (χ2v) is 5.46. The Morgan fingerprint density at radius 1 is 1.47 bits per heavy atom. The van der Waals surface area contributed by atoms with Crippen LogP contribution in [0.15, 0.2) is 11.1 Å². The van der Waals surface area contributed by atoms with Crippen LogP contribution in [0.3, 0.4) is 0 Å². The van der Waals surface area contributed by atoms with E-state index in [4.69, 9.17) is 5.11 Å². The SMILES string of the molecule is O=C(O)C1CCN(c2nc3nc[nH]c(=O)c3s2)CC1. The molecule has 7 nitrogen and oxygen atoms in total. The number of carboxylic acid groups (broad SMARTS) is 1. The number of carboxylic acids is 1. The zero-order chi connectivity index (χ0) is 13.4. The lowest BCUT2D eigenvalue weighted by Gasteiger charge is -2.29. The summed E-state index contributed by atoms with van der Waals surface area (Å²) < 4.78 is 0.512. The van der Waals surface area contributed by atoms with Gasteiger partial charge in [0.15, 0.2) is 10.8 Å². The number of thiazole rings is 1. The zero-order valence-electron chi connectivity index (χ0n) is 10.00. The Morgan fingerprint density at radius 3 is 2.84 bits per heavy atom. The fraction of sp³-hybridized carbons (Fsp3) is 0.455. The molecule has 0 aliphatic carbocycles. The second kappa shape index (κ2) is 4.61. The highest BCUT2D eigenvalue weighted by atomic mass is 32.1. The number of aromatic nitrogens is 3. The second-order valence-electron chi connectivity index (χ2n) is 4.48. The monoisotopic (exact) mass is 280 g/mol. The molecule has 1 fully saturated rings. The maximum absolute atomic E-state index is 11.6. The van der Waals surface area contributed by atoms with Gasteiger partial charge in [0.2, 0.25) is 0 Å². The lowest BCUT2D eigenvalue weighted by molar-refractivity contribution is -0.142. The molecule has 0 bridgehead atoms. The molecule has 0 saturated carbocycles. The maximum Gasteiger partial charge on any atom is 0.306 e. The quantitative estimate of drug-likeness (QED) is 0.839. The molecule has 0 unspecified atom stereocenters. The molecule has 100 valence electrons. The summed E-state index contributed by atoms with van der Waals surface area (Å²) in [6, 6.07) is 0. The van der Waals surface area contributed by atoms with Crippen molar-refractivity contribution >= 4 is 32.8 Å². The summed E-state index contributed by atoms with van der Waals surface area (Å²) in [5, 5.41) is 9.70. The molecule has 3 rings (SSSR count). The number of aromatic amines is 1. The van der Waals surface area contributed by atoms with Gasteiger partial charge in [-0.25, -0.2) is 4.98 Å². The molecule has 0 amide bonds. The number of hydrogen-bond donors (Lipinski definition) is 2. The number of H-pyrrole nitrogens is 1. The molecule has 2 N–H and O–H groups in total. The third kappa shape index (κ3) is 2.19. The van der Waals surface area contributed by atoms with Crippen molar-refractivity contribution in [2.75, 3.05) is 18.0 Å². The van der Waals surface area contributed by atoms with Crippen molar-refractivity contribution in [1.82, 2.24) is 15.0 Å². The molecule has 1 aliphatic heterocycles. The lowest BCUT2D eigenvalue weighted by atomic mass is 9.98. The van der Waals surface area contributed by atoms with Crippen LogP contribution in [0.1, 0.15) is 12.8 Å². The van der Waals surface area contributed by atoms with E-state index < -0.39 is 5.97 Å². The van der Waals surface area contributed by atoms with E-state index in [1.807, 2.05) is 4.90 Å². The fourth-order valence-corrected chi connectivity index (χ4v) is 3.17. The highest BCUT2D eigenvalue weighted by Gasteiger charge is 2.26. The van der Waals surface area contributed by atoms with Gasteiger partial charge in [0.1, 0.15) is 4.70 Å². The lowest BCUT2D eigenvalue weighted by Crippen LogP contribution is -2.36. The number of fused-ring (bicyclic) bond motifs is 1. The average Bonchev–Trinajstić information content (AvgIpc) is 2.84. The number of anilines is 1. The third-order valence-corrected chi connectivity index (χ3v) is 4.41. The van der Waals surface area contributed by atoms with Gasteiger partial charge in [-0.3, -0.25) is 9.59 Å². The molecule has 3 heterocycles.